The minimum Gasteiger partial charge on any atom is -0.309 e. The first-order valence-electron chi connectivity index (χ1n) is 10.2. The van der Waals surface area contributed by atoms with Crippen LogP contribution in [-0.4, -0.2) is 30.6 Å². The third-order valence-electron chi connectivity index (χ3n) is 5.20. The fourth-order valence-corrected chi connectivity index (χ4v) is 3.72. The molecule has 0 spiro atoms. The summed E-state index contributed by atoms with van der Waals surface area (Å²) in [5.41, 5.74) is 5.59. The SMILES string of the molecule is O=[N+]([O-])c1ccc(-n2c(-c3ccccc3)cc(/C=N\n3cnnc3)c2-c2ccccc2)cc1. The maximum atomic E-state index is 11.2. The second-order valence-electron chi connectivity index (χ2n) is 7.26. The standard InChI is InChI=1S/C25H18N6O2/c32-31(33)23-13-11-22(12-14-23)30-24(19-7-3-1-4-8-19)15-21(16-28-29-17-26-27-18-29)25(30)20-9-5-2-6-10-20/h1-18H/b28-16-. The van der Waals surface area contributed by atoms with Crippen molar-refractivity contribution in [1.82, 2.24) is 19.4 Å². The number of benzene rings is 3. The molecule has 0 bridgehead atoms. The van der Waals surface area contributed by atoms with Gasteiger partial charge in [0.25, 0.3) is 5.69 Å². The molecule has 0 aliphatic heterocycles. The molecule has 0 radical (unpaired) electrons. The smallest absolute Gasteiger partial charge is 0.269 e. The highest BCUT2D eigenvalue weighted by Gasteiger charge is 2.19. The molecule has 0 amide bonds. The minimum absolute atomic E-state index is 0.0443. The van der Waals surface area contributed by atoms with Gasteiger partial charge in [-0.05, 0) is 29.3 Å². The third kappa shape index (κ3) is 4.05. The number of hydrogen-bond donors (Lipinski definition) is 0. The van der Waals surface area contributed by atoms with Crippen molar-refractivity contribution in [2.45, 2.75) is 0 Å². The molecule has 0 atom stereocenters. The summed E-state index contributed by atoms with van der Waals surface area (Å²) in [5.74, 6) is 0. The summed E-state index contributed by atoms with van der Waals surface area (Å²) in [5, 5.41) is 23.3. The summed E-state index contributed by atoms with van der Waals surface area (Å²) in [6, 6.07) is 28.6. The summed E-state index contributed by atoms with van der Waals surface area (Å²) in [6.07, 6.45) is 4.80. The van der Waals surface area contributed by atoms with E-state index in [-0.39, 0.29) is 5.69 Å². The Hall–Kier alpha value is -4.85. The molecular formula is C25H18N6O2. The van der Waals surface area contributed by atoms with E-state index >= 15 is 0 Å². The molecule has 5 aromatic rings. The molecule has 0 N–H and O–H groups in total. The second-order valence-corrected chi connectivity index (χ2v) is 7.26. The zero-order valence-electron chi connectivity index (χ0n) is 17.4. The fourth-order valence-electron chi connectivity index (χ4n) is 3.72. The van der Waals surface area contributed by atoms with E-state index in [2.05, 4.69) is 25.9 Å². The Labute approximate surface area is 189 Å². The highest BCUT2D eigenvalue weighted by molar-refractivity contribution is 5.93. The van der Waals surface area contributed by atoms with E-state index in [1.54, 1.807) is 18.3 Å². The first-order valence-corrected chi connectivity index (χ1v) is 10.2. The number of nitro benzene ring substituents is 1. The second kappa shape index (κ2) is 8.72. The lowest BCUT2D eigenvalue weighted by Gasteiger charge is -2.15. The first-order chi connectivity index (χ1) is 16.2. The number of nitro groups is 1. The molecule has 160 valence electrons. The average molecular weight is 434 g/mol. The topological polar surface area (TPSA) is 91.1 Å². The lowest BCUT2D eigenvalue weighted by Crippen LogP contribution is -2.01. The van der Waals surface area contributed by atoms with Crippen molar-refractivity contribution < 1.29 is 4.92 Å². The summed E-state index contributed by atoms with van der Waals surface area (Å²) >= 11 is 0. The number of rotatable bonds is 6. The van der Waals surface area contributed by atoms with Crippen LogP contribution in [-0.2, 0) is 0 Å². The Morgan fingerprint density at radius 3 is 2.03 bits per heavy atom. The molecule has 3 aromatic carbocycles. The van der Waals surface area contributed by atoms with Crippen molar-refractivity contribution in [1.29, 1.82) is 0 Å². The van der Waals surface area contributed by atoms with Crippen LogP contribution in [0.15, 0.2) is 109 Å². The molecule has 2 heterocycles. The van der Waals surface area contributed by atoms with Crippen LogP contribution in [0.2, 0.25) is 0 Å². The number of non-ortho nitro benzene ring substituents is 1. The van der Waals surface area contributed by atoms with Crippen molar-refractivity contribution >= 4 is 11.9 Å². The van der Waals surface area contributed by atoms with Crippen LogP contribution in [0.4, 0.5) is 5.69 Å². The van der Waals surface area contributed by atoms with Crippen LogP contribution in [0.5, 0.6) is 0 Å². The van der Waals surface area contributed by atoms with Crippen molar-refractivity contribution in [3.8, 4) is 28.2 Å². The van der Waals surface area contributed by atoms with Gasteiger partial charge in [-0.25, -0.2) is 4.68 Å². The van der Waals surface area contributed by atoms with Gasteiger partial charge >= 0.3 is 0 Å². The van der Waals surface area contributed by atoms with Crippen LogP contribution < -0.4 is 0 Å². The summed E-state index contributed by atoms with van der Waals surface area (Å²) < 4.78 is 3.63. The van der Waals surface area contributed by atoms with Gasteiger partial charge in [0.1, 0.15) is 12.7 Å². The zero-order valence-corrected chi connectivity index (χ0v) is 17.4. The Kier molecular flexibility index (Phi) is 5.30. The van der Waals surface area contributed by atoms with E-state index in [0.29, 0.717) is 0 Å². The van der Waals surface area contributed by atoms with Gasteiger partial charge in [0, 0.05) is 23.4 Å². The predicted octanol–water partition coefficient (Wildman–Crippen LogP) is 5.19. The Morgan fingerprint density at radius 2 is 1.42 bits per heavy atom. The quantitative estimate of drug-likeness (QED) is 0.209. The molecular weight excluding hydrogens is 416 g/mol. The van der Waals surface area contributed by atoms with Crippen LogP contribution in [0, 0.1) is 10.1 Å². The van der Waals surface area contributed by atoms with Crippen molar-refractivity contribution in [3.63, 3.8) is 0 Å². The Bertz CT molecular complexity index is 1410. The van der Waals surface area contributed by atoms with E-state index in [0.717, 1.165) is 33.8 Å². The molecule has 0 saturated heterocycles. The van der Waals surface area contributed by atoms with Gasteiger partial charge in [0.15, 0.2) is 0 Å². The Morgan fingerprint density at radius 1 is 0.818 bits per heavy atom. The lowest BCUT2D eigenvalue weighted by molar-refractivity contribution is -0.384. The third-order valence-corrected chi connectivity index (χ3v) is 5.20. The van der Waals surface area contributed by atoms with Crippen LogP contribution >= 0.6 is 0 Å². The molecule has 0 aliphatic carbocycles. The summed E-state index contributed by atoms with van der Waals surface area (Å²) in [4.78, 5) is 10.8. The highest BCUT2D eigenvalue weighted by Crippen LogP contribution is 2.35. The van der Waals surface area contributed by atoms with E-state index < -0.39 is 4.92 Å². The van der Waals surface area contributed by atoms with Gasteiger partial charge in [0.2, 0.25) is 0 Å². The van der Waals surface area contributed by atoms with Gasteiger partial charge in [-0.2, -0.15) is 5.10 Å². The fraction of sp³-hybridized carbons (Fsp3) is 0. The van der Waals surface area contributed by atoms with E-state index in [9.17, 15) is 10.1 Å². The number of nitrogens with zero attached hydrogens (tertiary/aromatic N) is 6. The summed E-state index contributed by atoms with van der Waals surface area (Å²) in [7, 11) is 0. The normalized spacial score (nSPS) is 11.2. The van der Waals surface area contributed by atoms with Crippen molar-refractivity contribution in [3.05, 3.63) is 119 Å². The molecule has 2 aromatic heterocycles. The molecule has 0 saturated carbocycles. The Balaban J connectivity index is 1.78. The maximum Gasteiger partial charge on any atom is 0.269 e. The average Bonchev–Trinajstić information content (AvgIpc) is 3.52. The van der Waals surface area contributed by atoms with Crippen LogP contribution in [0.3, 0.4) is 0 Å². The van der Waals surface area contributed by atoms with Gasteiger partial charge in [0.05, 0.1) is 22.5 Å². The maximum absolute atomic E-state index is 11.2. The minimum atomic E-state index is -0.396. The van der Waals surface area contributed by atoms with Crippen molar-refractivity contribution in [2.75, 3.05) is 0 Å². The molecule has 8 heteroatoms. The molecule has 5 rings (SSSR count). The van der Waals surface area contributed by atoms with Crippen LogP contribution in [0.1, 0.15) is 5.56 Å². The zero-order chi connectivity index (χ0) is 22.6. The van der Waals surface area contributed by atoms with Gasteiger partial charge in [-0.1, -0.05) is 60.7 Å². The van der Waals surface area contributed by atoms with Gasteiger partial charge in [-0.15, -0.1) is 10.2 Å². The van der Waals surface area contributed by atoms with E-state index in [4.69, 9.17) is 0 Å². The molecule has 0 fully saturated rings. The van der Waals surface area contributed by atoms with Gasteiger partial charge < -0.3 is 4.57 Å². The number of aromatic nitrogens is 4. The van der Waals surface area contributed by atoms with Gasteiger partial charge in [-0.3, -0.25) is 10.1 Å². The number of hydrogen-bond acceptors (Lipinski definition) is 5. The first kappa shape index (κ1) is 20.1. The summed E-state index contributed by atoms with van der Waals surface area (Å²) in [6.45, 7) is 0. The van der Waals surface area contributed by atoms with Crippen molar-refractivity contribution in [2.24, 2.45) is 5.10 Å². The van der Waals surface area contributed by atoms with Crippen LogP contribution in [0.25, 0.3) is 28.2 Å². The molecule has 0 aliphatic rings. The molecule has 33 heavy (non-hydrogen) atoms. The largest absolute Gasteiger partial charge is 0.309 e. The van der Waals surface area contributed by atoms with E-state index in [1.807, 2.05) is 60.7 Å². The monoisotopic (exact) mass is 434 g/mol. The lowest BCUT2D eigenvalue weighted by atomic mass is 10.1. The molecule has 0 unspecified atom stereocenters. The highest BCUT2D eigenvalue weighted by atomic mass is 16.6. The molecule has 8 nitrogen and oxygen atoms in total. The van der Waals surface area contributed by atoms with E-state index in [1.165, 1.54) is 29.5 Å². The predicted molar refractivity (Wildman–Crippen MR) is 126 cm³/mol.